The third kappa shape index (κ3) is 3.08. The maximum atomic E-state index is 13.4. The summed E-state index contributed by atoms with van der Waals surface area (Å²) in [7, 11) is 0. The van der Waals surface area contributed by atoms with E-state index < -0.39 is 0 Å². The number of fused-ring (bicyclic) bond motifs is 1. The molecule has 4 rings (SSSR count). The highest BCUT2D eigenvalue weighted by Crippen LogP contribution is 2.31. The third-order valence-electron chi connectivity index (χ3n) is 5.16. The van der Waals surface area contributed by atoms with Crippen molar-refractivity contribution in [2.45, 2.75) is 32.2 Å². The van der Waals surface area contributed by atoms with Crippen molar-refractivity contribution in [3.05, 3.63) is 65.2 Å². The van der Waals surface area contributed by atoms with E-state index in [0.717, 1.165) is 41.5 Å². The van der Waals surface area contributed by atoms with Gasteiger partial charge in [0.2, 0.25) is 0 Å². The summed E-state index contributed by atoms with van der Waals surface area (Å²) in [5, 5.41) is 1.53. The van der Waals surface area contributed by atoms with Crippen molar-refractivity contribution >= 4 is 28.4 Å². The van der Waals surface area contributed by atoms with Crippen LogP contribution in [0.3, 0.4) is 0 Å². The number of pyridine rings is 1. The van der Waals surface area contributed by atoms with Gasteiger partial charge in [0, 0.05) is 28.6 Å². The van der Waals surface area contributed by atoms with Gasteiger partial charge in [-0.2, -0.15) is 0 Å². The minimum Gasteiger partial charge on any atom is -0.336 e. The van der Waals surface area contributed by atoms with Gasteiger partial charge in [0.15, 0.2) is 0 Å². The summed E-state index contributed by atoms with van der Waals surface area (Å²) in [5.41, 5.74) is 3.11. The summed E-state index contributed by atoms with van der Waals surface area (Å²) < 4.78 is 0. The van der Waals surface area contributed by atoms with E-state index in [9.17, 15) is 4.79 Å². The van der Waals surface area contributed by atoms with Crippen molar-refractivity contribution in [3.63, 3.8) is 0 Å². The van der Waals surface area contributed by atoms with E-state index in [-0.39, 0.29) is 11.9 Å². The molecule has 3 nitrogen and oxygen atoms in total. The Morgan fingerprint density at radius 2 is 1.88 bits per heavy atom. The summed E-state index contributed by atoms with van der Waals surface area (Å²) in [6, 6.07) is 17.6. The van der Waals surface area contributed by atoms with E-state index in [2.05, 4.69) is 6.92 Å². The topological polar surface area (TPSA) is 33.2 Å². The Bertz CT molecular complexity index is 969. The van der Waals surface area contributed by atoms with Crippen LogP contribution in [0.2, 0.25) is 5.02 Å². The molecule has 26 heavy (non-hydrogen) atoms. The van der Waals surface area contributed by atoms with Crippen LogP contribution in [0.15, 0.2) is 54.6 Å². The Kier molecular flexibility index (Phi) is 4.64. The number of halogens is 1. The van der Waals surface area contributed by atoms with E-state index >= 15 is 0 Å². The molecule has 2 heterocycles. The predicted molar refractivity (Wildman–Crippen MR) is 107 cm³/mol. The average Bonchev–Trinajstić information content (AvgIpc) is 2.67. The molecule has 0 saturated carbocycles. The zero-order chi connectivity index (χ0) is 18.1. The molecule has 0 spiro atoms. The second-order valence-corrected chi connectivity index (χ2v) is 7.30. The number of para-hydroxylation sites is 1. The number of carbonyl (C=O) groups is 1. The number of carbonyl (C=O) groups excluding carboxylic acids is 1. The highest BCUT2D eigenvalue weighted by molar-refractivity contribution is 6.33. The first-order valence-corrected chi connectivity index (χ1v) is 9.48. The van der Waals surface area contributed by atoms with Crippen molar-refractivity contribution in [1.29, 1.82) is 0 Å². The zero-order valence-electron chi connectivity index (χ0n) is 14.8. The maximum absolute atomic E-state index is 13.4. The number of hydrogen-bond acceptors (Lipinski definition) is 2. The molecule has 1 aliphatic heterocycles. The van der Waals surface area contributed by atoms with Crippen molar-refractivity contribution in [3.8, 4) is 11.3 Å². The van der Waals surface area contributed by atoms with Crippen LogP contribution in [0.5, 0.6) is 0 Å². The number of hydrogen-bond donors (Lipinski definition) is 0. The van der Waals surface area contributed by atoms with Crippen molar-refractivity contribution < 1.29 is 4.79 Å². The largest absolute Gasteiger partial charge is 0.336 e. The molecule has 0 aliphatic carbocycles. The minimum absolute atomic E-state index is 0.0871. The number of rotatable bonds is 2. The molecule has 1 aliphatic rings. The van der Waals surface area contributed by atoms with E-state index in [4.69, 9.17) is 16.6 Å². The summed E-state index contributed by atoms with van der Waals surface area (Å²) >= 11 is 6.38. The van der Waals surface area contributed by atoms with Gasteiger partial charge in [-0.05, 0) is 44.4 Å². The minimum atomic E-state index is 0.0871. The van der Waals surface area contributed by atoms with Crippen molar-refractivity contribution in [2.75, 3.05) is 6.54 Å². The van der Waals surface area contributed by atoms with Gasteiger partial charge >= 0.3 is 0 Å². The highest BCUT2D eigenvalue weighted by Gasteiger charge is 2.26. The molecule has 2 aromatic carbocycles. The first-order chi connectivity index (χ1) is 12.6. The van der Waals surface area contributed by atoms with E-state index in [1.54, 1.807) is 0 Å². The monoisotopic (exact) mass is 364 g/mol. The fourth-order valence-electron chi connectivity index (χ4n) is 3.71. The molecule has 1 fully saturated rings. The predicted octanol–water partition coefficient (Wildman–Crippen LogP) is 5.57. The molecule has 3 aromatic rings. The fraction of sp³-hybridized carbons (Fsp3) is 0.273. The number of likely N-dealkylation sites (tertiary alicyclic amines) is 1. The van der Waals surface area contributed by atoms with Crippen LogP contribution < -0.4 is 0 Å². The summed E-state index contributed by atoms with van der Waals surface area (Å²) in [4.78, 5) is 20.1. The van der Waals surface area contributed by atoms with Gasteiger partial charge in [-0.25, -0.2) is 4.98 Å². The first-order valence-electron chi connectivity index (χ1n) is 9.11. The van der Waals surface area contributed by atoms with Crippen LogP contribution in [0.25, 0.3) is 22.2 Å². The summed E-state index contributed by atoms with van der Waals surface area (Å²) in [5.74, 6) is 0.0871. The maximum Gasteiger partial charge on any atom is 0.254 e. The van der Waals surface area contributed by atoms with Gasteiger partial charge in [-0.3, -0.25) is 4.79 Å². The standard InChI is InChI=1S/C22H21ClN2O/c1-15-8-6-7-13-25(15)22(26)18-14-21(17-10-2-4-11-19(17)23)24-20-12-5-3-9-16(18)20/h2-5,9-12,14-15H,6-8,13H2,1H3/t15-/m0/s1. The number of amides is 1. The Labute approximate surface area is 158 Å². The van der Waals surface area contributed by atoms with Crippen LogP contribution in [0.4, 0.5) is 0 Å². The molecule has 0 unspecified atom stereocenters. The van der Waals surface area contributed by atoms with Crippen LogP contribution >= 0.6 is 11.6 Å². The third-order valence-corrected chi connectivity index (χ3v) is 5.49. The van der Waals surface area contributed by atoms with Gasteiger partial charge in [0.1, 0.15) is 0 Å². The summed E-state index contributed by atoms with van der Waals surface area (Å²) in [6.07, 6.45) is 3.31. The van der Waals surface area contributed by atoms with E-state index in [1.807, 2.05) is 59.5 Å². The van der Waals surface area contributed by atoms with Gasteiger partial charge in [0.25, 0.3) is 5.91 Å². The lowest BCUT2D eigenvalue weighted by Gasteiger charge is -2.33. The Morgan fingerprint density at radius 3 is 2.69 bits per heavy atom. The molecular formula is C22H21ClN2O. The van der Waals surface area contributed by atoms with Crippen LogP contribution in [0, 0.1) is 0 Å². The molecule has 1 aromatic heterocycles. The molecule has 132 valence electrons. The molecule has 0 bridgehead atoms. The molecule has 4 heteroatoms. The Morgan fingerprint density at radius 1 is 1.12 bits per heavy atom. The summed E-state index contributed by atoms with van der Waals surface area (Å²) in [6.45, 7) is 2.95. The quantitative estimate of drug-likeness (QED) is 0.595. The first kappa shape index (κ1) is 17.0. The normalized spacial score (nSPS) is 17.5. The molecular weight excluding hydrogens is 344 g/mol. The number of aromatic nitrogens is 1. The average molecular weight is 365 g/mol. The highest BCUT2D eigenvalue weighted by atomic mass is 35.5. The van der Waals surface area contributed by atoms with Crippen LogP contribution in [0.1, 0.15) is 36.5 Å². The Hall–Kier alpha value is -2.39. The van der Waals surface area contributed by atoms with Crippen LogP contribution in [-0.2, 0) is 0 Å². The zero-order valence-corrected chi connectivity index (χ0v) is 15.5. The lowest BCUT2D eigenvalue weighted by Crippen LogP contribution is -2.42. The number of piperidine rings is 1. The molecule has 0 radical (unpaired) electrons. The number of benzene rings is 2. The van der Waals surface area contributed by atoms with Gasteiger partial charge < -0.3 is 4.90 Å². The lowest BCUT2D eigenvalue weighted by atomic mass is 9.99. The number of nitrogens with zero attached hydrogens (tertiary/aromatic N) is 2. The van der Waals surface area contributed by atoms with Gasteiger partial charge in [0.05, 0.1) is 16.8 Å². The SMILES string of the molecule is C[C@H]1CCCCN1C(=O)c1cc(-c2ccccc2Cl)nc2ccccc12. The second-order valence-electron chi connectivity index (χ2n) is 6.90. The fourth-order valence-corrected chi connectivity index (χ4v) is 3.95. The van der Waals surface area contributed by atoms with Crippen LogP contribution in [-0.4, -0.2) is 28.4 Å². The molecule has 1 saturated heterocycles. The van der Waals surface area contributed by atoms with E-state index in [1.165, 1.54) is 6.42 Å². The van der Waals surface area contributed by atoms with Gasteiger partial charge in [-0.15, -0.1) is 0 Å². The molecule has 1 atom stereocenters. The van der Waals surface area contributed by atoms with Crippen molar-refractivity contribution in [1.82, 2.24) is 9.88 Å². The second kappa shape index (κ2) is 7.08. The lowest BCUT2D eigenvalue weighted by molar-refractivity contribution is 0.0637. The Balaban J connectivity index is 1.88. The van der Waals surface area contributed by atoms with E-state index in [0.29, 0.717) is 10.6 Å². The molecule has 0 N–H and O–H groups in total. The smallest absolute Gasteiger partial charge is 0.254 e. The molecule has 1 amide bonds. The van der Waals surface area contributed by atoms with Gasteiger partial charge in [-0.1, -0.05) is 48.0 Å². The van der Waals surface area contributed by atoms with Crippen molar-refractivity contribution in [2.24, 2.45) is 0 Å².